The molecule has 1 unspecified atom stereocenters. The third-order valence-corrected chi connectivity index (χ3v) is 3.20. The molecule has 0 amide bonds. The van der Waals surface area contributed by atoms with Gasteiger partial charge < -0.3 is 0 Å². The molecule has 1 aliphatic carbocycles. The highest BCUT2D eigenvalue weighted by molar-refractivity contribution is 4.76. The predicted octanol–water partition coefficient (Wildman–Crippen LogP) is 0.735. The van der Waals surface area contributed by atoms with E-state index in [1.807, 2.05) is 14.1 Å². The molecule has 1 fully saturated rings. The maximum absolute atomic E-state index is 3.47. The molecule has 1 aliphatic rings. The Morgan fingerprint density at radius 1 is 1.23 bits per heavy atom. The minimum atomic E-state index is 0.257. The Bertz CT molecular complexity index is 134. The summed E-state index contributed by atoms with van der Waals surface area (Å²) in [4.78, 5) is 0. The molecule has 0 bridgehead atoms. The molecule has 13 heavy (non-hydrogen) atoms. The first-order valence-corrected chi connectivity index (χ1v) is 5.36. The van der Waals surface area contributed by atoms with Gasteiger partial charge in [-0.25, -0.2) is 0 Å². The summed E-state index contributed by atoms with van der Waals surface area (Å²) in [5, 5.41) is 9.81. The van der Waals surface area contributed by atoms with E-state index in [0.717, 1.165) is 18.4 Å². The van der Waals surface area contributed by atoms with Gasteiger partial charge in [0, 0.05) is 6.54 Å². The zero-order chi connectivity index (χ0) is 9.68. The first kappa shape index (κ1) is 11.0. The molecule has 0 saturated heterocycles. The molecular weight excluding hydrogens is 162 g/mol. The minimum absolute atomic E-state index is 0.257. The first-order chi connectivity index (χ1) is 6.27. The van der Waals surface area contributed by atoms with Crippen molar-refractivity contribution < 1.29 is 0 Å². The Hall–Kier alpha value is -0.120. The van der Waals surface area contributed by atoms with Crippen LogP contribution in [0.2, 0.25) is 0 Å². The molecule has 78 valence electrons. The topological polar surface area (TPSA) is 36.1 Å². The fraction of sp³-hybridized carbons (Fsp3) is 1.00. The number of rotatable bonds is 5. The fourth-order valence-corrected chi connectivity index (χ4v) is 2.14. The normalized spacial score (nSPS) is 28.6. The Balaban J connectivity index is 2.17. The van der Waals surface area contributed by atoms with Crippen molar-refractivity contribution in [2.24, 2.45) is 11.8 Å². The van der Waals surface area contributed by atoms with Crippen LogP contribution in [-0.2, 0) is 0 Å². The molecule has 2 atom stereocenters. The van der Waals surface area contributed by atoms with Crippen molar-refractivity contribution in [1.29, 1.82) is 0 Å². The predicted molar refractivity (Wildman–Crippen MR) is 56.4 cm³/mol. The summed E-state index contributed by atoms with van der Waals surface area (Å²) < 4.78 is 0. The number of hydrogen-bond donors (Lipinski definition) is 3. The van der Waals surface area contributed by atoms with Crippen LogP contribution < -0.4 is 16.0 Å². The van der Waals surface area contributed by atoms with E-state index in [1.165, 1.54) is 19.3 Å². The van der Waals surface area contributed by atoms with E-state index in [4.69, 9.17) is 0 Å². The van der Waals surface area contributed by atoms with Crippen molar-refractivity contribution in [3.63, 3.8) is 0 Å². The standard InChI is InChI=1S/C10H23N3/c1-8-5-4-6-9(8)7-13-10(11-2)12-3/h8-13H,4-7H2,1-3H3/t8-,9?/m0/s1. The van der Waals surface area contributed by atoms with Crippen LogP contribution in [0.1, 0.15) is 26.2 Å². The van der Waals surface area contributed by atoms with E-state index in [9.17, 15) is 0 Å². The number of hydrogen-bond acceptors (Lipinski definition) is 3. The van der Waals surface area contributed by atoms with E-state index in [1.54, 1.807) is 0 Å². The highest BCUT2D eigenvalue weighted by atomic mass is 15.3. The summed E-state index contributed by atoms with van der Waals surface area (Å²) in [5.41, 5.74) is 0. The molecule has 3 N–H and O–H groups in total. The Morgan fingerprint density at radius 3 is 2.38 bits per heavy atom. The zero-order valence-electron chi connectivity index (χ0n) is 9.06. The molecule has 3 nitrogen and oxygen atoms in total. The van der Waals surface area contributed by atoms with Crippen LogP contribution >= 0.6 is 0 Å². The van der Waals surface area contributed by atoms with Crippen molar-refractivity contribution in [2.75, 3.05) is 20.6 Å². The monoisotopic (exact) mass is 185 g/mol. The van der Waals surface area contributed by atoms with Gasteiger partial charge in [0.15, 0.2) is 0 Å². The van der Waals surface area contributed by atoms with Crippen LogP contribution in [0.4, 0.5) is 0 Å². The van der Waals surface area contributed by atoms with E-state index in [0.29, 0.717) is 0 Å². The average molecular weight is 185 g/mol. The van der Waals surface area contributed by atoms with Gasteiger partial charge in [-0.3, -0.25) is 16.0 Å². The van der Waals surface area contributed by atoms with Gasteiger partial charge in [-0.2, -0.15) is 0 Å². The lowest BCUT2D eigenvalue weighted by Gasteiger charge is -2.21. The summed E-state index contributed by atoms with van der Waals surface area (Å²) >= 11 is 0. The van der Waals surface area contributed by atoms with Gasteiger partial charge in [-0.05, 0) is 32.4 Å². The Morgan fingerprint density at radius 2 is 1.92 bits per heavy atom. The number of nitrogens with one attached hydrogen (secondary N) is 3. The highest BCUT2D eigenvalue weighted by Crippen LogP contribution is 2.30. The second-order valence-electron chi connectivity index (χ2n) is 4.09. The van der Waals surface area contributed by atoms with Crippen molar-refractivity contribution in [1.82, 2.24) is 16.0 Å². The van der Waals surface area contributed by atoms with Gasteiger partial charge in [0.2, 0.25) is 0 Å². The summed E-state index contributed by atoms with van der Waals surface area (Å²) in [7, 11) is 3.93. The zero-order valence-corrected chi connectivity index (χ0v) is 9.06. The largest absolute Gasteiger partial charge is 0.293 e. The van der Waals surface area contributed by atoms with Crippen molar-refractivity contribution in [2.45, 2.75) is 32.5 Å². The second kappa shape index (κ2) is 5.58. The lowest BCUT2D eigenvalue weighted by molar-refractivity contribution is 0.329. The van der Waals surface area contributed by atoms with Crippen LogP contribution in [0.25, 0.3) is 0 Å². The van der Waals surface area contributed by atoms with Crippen molar-refractivity contribution >= 4 is 0 Å². The lowest BCUT2D eigenvalue weighted by Crippen LogP contribution is -2.51. The van der Waals surface area contributed by atoms with Crippen LogP contribution in [-0.4, -0.2) is 26.9 Å². The molecular formula is C10H23N3. The fourth-order valence-electron chi connectivity index (χ4n) is 2.14. The summed E-state index contributed by atoms with van der Waals surface area (Å²) in [6.07, 6.45) is 4.48. The van der Waals surface area contributed by atoms with Gasteiger partial charge in [0.25, 0.3) is 0 Å². The van der Waals surface area contributed by atoms with Gasteiger partial charge in [0.1, 0.15) is 6.29 Å². The van der Waals surface area contributed by atoms with Gasteiger partial charge in [0.05, 0.1) is 0 Å². The lowest BCUT2D eigenvalue weighted by atomic mass is 9.98. The van der Waals surface area contributed by atoms with Crippen LogP contribution in [0.5, 0.6) is 0 Å². The summed E-state index contributed by atoms with van der Waals surface area (Å²) in [5.74, 6) is 1.78. The molecule has 0 aromatic rings. The molecule has 0 radical (unpaired) electrons. The van der Waals surface area contributed by atoms with Crippen molar-refractivity contribution in [3.8, 4) is 0 Å². The molecule has 1 saturated carbocycles. The summed E-state index contributed by atoms with van der Waals surface area (Å²) in [6.45, 7) is 3.50. The maximum atomic E-state index is 3.47. The third-order valence-electron chi connectivity index (χ3n) is 3.20. The Kier molecular flexibility index (Phi) is 4.70. The second-order valence-corrected chi connectivity index (χ2v) is 4.09. The molecule has 1 rings (SSSR count). The molecule has 0 spiro atoms. The highest BCUT2D eigenvalue weighted by Gasteiger charge is 2.23. The van der Waals surface area contributed by atoms with E-state index in [-0.39, 0.29) is 6.29 Å². The third kappa shape index (κ3) is 3.25. The van der Waals surface area contributed by atoms with E-state index in [2.05, 4.69) is 22.9 Å². The Labute approximate surface area is 81.7 Å². The average Bonchev–Trinajstić information content (AvgIpc) is 2.54. The molecule has 0 heterocycles. The molecule has 0 aliphatic heterocycles. The van der Waals surface area contributed by atoms with Gasteiger partial charge >= 0.3 is 0 Å². The smallest absolute Gasteiger partial charge is 0.111 e. The maximum Gasteiger partial charge on any atom is 0.111 e. The van der Waals surface area contributed by atoms with Crippen LogP contribution in [0, 0.1) is 11.8 Å². The quantitative estimate of drug-likeness (QED) is 0.553. The molecule has 0 aromatic heterocycles. The van der Waals surface area contributed by atoms with Gasteiger partial charge in [-0.1, -0.05) is 19.8 Å². The summed E-state index contributed by atoms with van der Waals surface area (Å²) in [6, 6.07) is 0. The van der Waals surface area contributed by atoms with Crippen molar-refractivity contribution in [3.05, 3.63) is 0 Å². The first-order valence-electron chi connectivity index (χ1n) is 5.36. The van der Waals surface area contributed by atoms with E-state index >= 15 is 0 Å². The van der Waals surface area contributed by atoms with Crippen LogP contribution in [0.15, 0.2) is 0 Å². The SMILES string of the molecule is CNC(NC)NCC1CCC[C@@H]1C. The van der Waals surface area contributed by atoms with E-state index < -0.39 is 0 Å². The molecule has 0 aromatic carbocycles. The van der Waals surface area contributed by atoms with Gasteiger partial charge in [-0.15, -0.1) is 0 Å². The minimum Gasteiger partial charge on any atom is -0.293 e. The van der Waals surface area contributed by atoms with Crippen LogP contribution in [0.3, 0.4) is 0 Å². The molecule has 3 heteroatoms.